The van der Waals surface area contributed by atoms with E-state index in [1.54, 1.807) is 13.8 Å². The van der Waals surface area contributed by atoms with Gasteiger partial charge in [0.1, 0.15) is 10.3 Å². The summed E-state index contributed by atoms with van der Waals surface area (Å²) < 4.78 is 26.8. The van der Waals surface area contributed by atoms with Crippen LogP contribution >= 0.6 is 27.3 Å². The molecule has 1 aromatic heterocycles. The summed E-state index contributed by atoms with van der Waals surface area (Å²) in [6.07, 6.45) is 0.195. The largest absolute Gasteiger partial charge is 0.480 e. The molecule has 8 heteroatoms. The van der Waals surface area contributed by atoms with Gasteiger partial charge >= 0.3 is 5.97 Å². The van der Waals surface area contributed by atoms with Crippen LogP contribution in [0.25, 0.3) is 0 Å². The van der Waals surface area contributed by atoms with Crippen molar-refractivity contribution in [1.29, 1.82) is 0 Å². The van der Waals surface area contributed by atoms with Gasteiger partial charge in [-0.2, -0.15) is 4.72 Å². The summed E-state index contributed by atoms with van der Waals surface area (Å²) in [5.74, 6) is -1.18. The van der Waals surface area contributed by atoms with Gasteiger partial charge in [0.15, 0.2) is 0 Å². The van der Waals surface area contributed by atoms with Gasteiger partial charge in [0.2, 0.25) is 0 Å². The van der Waals surface area contributed by atoms with Crippen molar-refractivity contribution in [2.45, 2.75) is 30.5 Å². The van der Waals surface area contributed by atoms with Crippen molar-refractivity contribution >= 4 is 43.3 Å². The van der Waals surface area contributed by atoms with Gasteiger partial charge in [-0.1, -0.05) is 6.92 Å². The lowest BCUT2D eigenvalue weighted by molar-refractivity contribution is -0.139. The van der Waals surface area contributed by atoms with E-state index in [2.05, 4.69) is 20.7 Å². The van der Waals surface area contributed by atoms with Crippen molar-refractivity contribution in [2.75, 3.05) is 0 Å². The molecule has 2 N–H and O–H groups in total. The number of aryl methyl sites for hydroxylation is 1. The Labute approximate surface area is 112 Å². The number of carboxylic acids is 1. The normalized spacial score (nSPS) is 13.6. The van der Waals surface area contributed by atoms with Crippen molar-refractivity contribution in [3.63, 3.8) is 0 Å². The maximum atomic E-state index is 11.9. The highest BCUT2D eigenvalue weighted by molar-refractivity contribution is 9.11. The summed E-state index contributed by atoms with van der Waals surface area (Å²) in [5.41, 5.74) is 0.804. The number of nitrogens with one attached hydrogen (secondary N) is 1. The molecule has 0 bridgehead atoms. The monoisotopic (exact) mass is 341 g/mol. The Bertz CT molecular complexity index is 504. The number of hydrogen-bond acceptors (Lipinski definition) is 4. The summed E-state index contributed by atoms with van der Waals surface area (Å²) in [6.45, 7) is 3.38. The van der Waals surface area contributed by atoms with Crippen LogP contribution in [-0.4, -0.2) is 25.5 Å². The molecule has 0 radical (unpaired) electrons. The van der Waals surface area contributed by atoms with Crippen LogP contribution in [0.3, 0.4) is 0 Å². The average molecular weight is 342 g/mol. The van der Waals surface area contributed by atoms with E-state index in [1.165, 1.54) is 6.07 Å². The predicted molar refractivity (Wildman–Crippen MR) is 68.8 cm³/mol. The van der Waals surface area contributed by atoms with E-state index in [0.29, 0.717) is 0 Å². The lowest BCUT2D eigenvalue weighted by Crippen LogP contribution is -2.39. The van der Waals surface area contributed by atoms with E-state index in [4.69, 9.17) is 5.11 Å². The molecule has 0 fully saturated rings. The smallest absolute Gasteiger partial charge is 0.321 e. The molecule has 0 aliphatic heterocycles. The van der Waals surface area contributed by atoms with Crippen LogP contribution in [0.15, 0.2) is 14.1 Å². The number of hydrogen-bond donors (Lipinski definition) is 2. The summed E-state index contributed by atoms with van der Waals surface area (Å²) in [7, 11) is -3.76. The van der Waals surface area contributed by atoms with Gasteiger partial charge in [0.25, 0.3) is 10.0 Å². The fraction of sp³-hybridized carbons (Fsp3) is 0.444. The molecule has 1 heterocycles. The topological polar surface area (TPSA) is 83.5 Å². The molecule has 1 aromatic rings. The van der Waals surface area contributed by atoms with E-state index in [9.17, 15) is 13.2 Å². The van der Waals surface area contributed by atoms with E-state index in [1.807, 2.05) is 0 Å². The van der Waals surface area contributed by atoms with Gasteiger partial charge in [-0.05, 0) is 40.9 Å². The van der Waals surface area contributed by atoms with Crippen LogP contribution in [0.2, 0.25) is 0 Å². The van der Waals surface area contributed by atoms with E-state index >= 15 is 0 Å². The Morgan fingerprint density at radius 1 is 1.65 bits per heavy atom. The van der Waals surface area contributed by atoms with Crippen LogP contribution in [-0.2, 0) is 14.8 Å². The van der Waals surface area contributed by atoms with Gasteiger partial charge in [-0.25, -0.2) is 8.42 Å². The second kappa shape index (κ2) is 5.47. The summed E-state index contributed by atoms with van der Waals surface area (Å²) in [5, 5.41) is 8.81. The highest BCUT2D eigenvalue weighted by Crippen LogP contribution is 2.30. The van der Waals surface area contributed by atoms with Crippen LogP contribution < -0.4 is 4.72 Å². The van der Waals surface area contributed by atoms with Gasteiger partial charge in [0, 0.05) is 0 Å². The third kappa shape index (κ3) is 3.51. The van der Waals surface area contributed by atoms with Crippen molar-refractivity contribution in [3.05, 3.63) is 15.4 Å². The molecule has 96 valence electrons. The molecule has 1 rings (SSSR count). The lowest BCUT2D eigenvalue weighted by Gasteiger charge is -2.11. The summed E-state index contributed by atoms with van der Waals surface area (Å²) in [6, 6.07) is 0.409. The maximum absolute atomic E-state index is 11.9. The van der Waals surface area contributed by atoms with E-state index in [0.717, 1.165) is 20.7 Å². The minimum absolute atomic E-state index is 0.113. The van der Waals surface area contributed by atoms with Gasteiger partial charge in [-0.15, -0.1) is 11.3 Å². The highest BCUT2D eigenvalue weighted by atomic mass is 79.9. The molecular formula is C9H12BrNO4S2. The van der Waals surface area contributed by atoms with Crippen LogP contribution in [0.1, 0.15) is 18.9 Å². The van der Waals surface area contributed by atoms with Crippen LogP contribution in [0, 0.1) is 6.92 Å². The molecule has 5 nitrogen and oxygen atoms in total. The second-order valence-corrected chi connectivity index (χ2v) is 7.75. The SMILES string of the molecule is CC[C@H](NS(=O)(=O)c1cc(C)c(Br)s1)C(=O)O. The van der Waals surface area contributed by atoms with Crippen LogP contribution in [0.5, 0.6) is 0 Å². The minimum Gasteiger partial charge on any atom is -0.480 e. The summed E-state index contributed by atoms with van der Waals surface area (Å²) >= 11 is 4.29. The molecule has 17 heavy (non-hydrogen) atoms. The zero-order valence-electron chi connectivity index (χ0n) is 9.23. The Morgan fingerprint density at radius 2 is 2.24 bits per heavy atom. The lowest BCUT2D eigenvalue weighted by atomic mass is 10.2. The number of aliphatic carboxylic acids is 1. The zero-order valence-corrected chi connectivity index (χ0v) is 12.4. The molecule has 0 aromatic carbocycles. The molecule has 0 unspecified atom stereocenters. The first kappa shape index (κ1) is 14.6. The first-order valence-corrected chi connectivity index (χ1v) is 7.88. The Kier molecular flexibility index (Phi) is 4.70. The van der Waals surface area contributed by atoms with Gasteiger partial charge in [-0.3, -0.25) is 4.79 Å². The Balaban J connectivity index is 3.00. The standard InChI is InChI=1S/C9H12BrNO4S2/c1-3-6(9(12)13)11-17(14,15)7-4-5(2)8(10)16-7/h4,6,11H,3H2,1-2H3,(H,12,13)/t6-/m0/s1. The van der Waals surface area contributed by atoms with E-state index < -0.39 is 22.0 Å². The predicted octanol–water partition coefficient (Wildman–Crippen LogP) is 1.96. The number of halogens is 1. The molecule has 1 atom stereocenters. The molecule has 0 amide bonds. The summed E-state index contributed by atoms with van der Waals surface area (Å²) in [4.78, 5) is 10.8. The fourth-order valence-corrected chi connectivity index (χ4v) is 4.63. The maximum Gasteiger partial charge on any atom is 0.321 e. The third-order valence-corrected chi connectivity index (χ3v) is 6.19. The second-order valence-electron chi connectivity index (χ2n) is 3.44. The van der Waals surface area contributed by atoms with E-state index in [-0.39, 0.29) is 10.6 Å². The molecular weight excluding hydrogens is 330 g/mol. The van der Waals surface area contributed by atoms with Crippen molar-refractivity contribution in [3.8, 4) is 0 Å². The van der Waals surface area contributed by atoms with Crippen molar-refractivity contribution in [1.82, 2.24) is 4.72 Å². The first-order valence-electron chi connectivity index (χ1n) is 4.79. The fourth-order valence-electron chi connectivity index (χ4n) is 1.12. The van der Waals surface area contributed by atoms with Crippen molar-refractivity contribution in [2.24, 2.45) is 0 Å². The van der Waals surface area contributed by atoms with Gasteiger partial charge in [0.05, 0.1) is 3.79 Å². The van der Waals surface area contributed by atoms with Crippen LogP contribution in [0.4, 0.5) is 0 Å². The molecule has 0 spiro atoms. The number of sulfonamides is 1. The quantitative estimate of drug-likeness (QED) is 0.857. The molecule has 0 aliphatic rings. The Hall–Kier alpha value is -0.440. The molecule has 0 aliphatic carbocycles. The first-order chi connectivity index (χ1) is 7.77. The van der Waals surface area contributed by atoms with Gasteiger partial charge < -0.3 is 5.11 Å². The highest BCUT2D eigenvalue weighted by Gasteiger charge is 2.25. The molecule has 0 saturated heterocycles. The number of rotatable bonds is 5. The Morgan fingerprint density at radius 3 is 2.59 bits per heavy atom. The molecule has 0 saturated carbocycles. The zero-order chi connectivity index (χ0) is 13.2. The third-order valence-electron chi connectivity index (χ3n) is 2.10. The number of carbonyl (C=O) groups is 1. The average Bonchev–Trinajstić information content (AvgIpc) is 2.56. The minimum atomic E-state index is -3.76. The number of thiophene rings is 1. The van der Waals surface area contributed by atoms with Crippen molar-refractivity contribution < 1.29 is 18.3 Å². The number of carboxylic acid groups (broad SMARTS) is 1.